The number of ether oxygens (including phenoxy) is 2. The standard InChI is InChI=1S/C12H13NO4.C2H4/c1-16-8-4-3-7-5-10(13-12(15)17-2)11(14)9(7)6-8;1-2/h3-4,6,10H,5H2,1-2H3,(H,13,15);1-2H2. The Kier molecular flexibility index (Phi) is 5.11. The zero-order valence-corrected chi connectivity index (χ0v) is 11.1. The Hall–Kier alpha value is -2.30. The first-order valence-electron chi connectivity index (χ1n) is 5.71. The monoisotopic (exact) mass is 263 g/mol. The van der Waals surface area contributed by atoms with Crippen molar-refractivity contribution < 1.29 is 19.1 Å². The molecule has 1 unspecified atom stereocenters. The van der Waals surface area contributed by atoms with Crippen molar-refractivity contribution in [2.45, 2.75) is 12.5 Å². The van der Waals surface area contributed by atoms with Crippen LogP contribution in [0, 0.1) is 0 Å². The number of hydrogen-bond donors (Lipinski definition) is 1. The number of methoxy groups -OCH3 is 2. The Bertz CT molecular complexity index is 484. The highest BCUT2D eigenvalue weighted by molar-refractivity contribution is 6.06. The van der Waals surface area contributed by atoms with Gasteiger partial charge in [-0.1, -0.05) is 6.07 Å². The van der Waals surface area contributed by atoms with E-state index < -0.39 is 12.1 Å². The van der Waals surface area contributed by atoms with Gasteiger partial charge >= 0.3 is 6.09 Å². The SMILES string of the molecule is C=C.COC(=O)NC1Cc2ccc(OC)cc2C1=O. The van der Waals surface area contributed by atoms with Crippen LogP contribution in [0.3, 0.4) is 0 Å². The van der Waals surface area contributed by atoms with Crippen LogP contribution in [0.2, 0.25) is 0 Å². The molecule has 1 aliphatic carbocycles. The van der Waals surface area contributed by atoms with E-state index in [-0.39, 0.29) is 5.78 Å². The van der Waals surface area contributed by atoms with Crippen LogP contribution in [0.15, 0.2) is 31.4 Å². The molecule has 0 aromatic heterocycles. The van der Waals surface area contributed by atoms with E-state index in [1.807, 2.05) is 6.07 Å². The van der Waals surface area contributed by atoms with Gasteiger partial charge in [-0.05, 0) is 17.7 Å². The summed E-state index contributed by atoms with van der Waals surface area (Å²) in [5, 5.41) is 2.51. The van der Waals surface area contributed by atoms with Crippen LogP contribution in [0.5, 0.6) is 5.75 Å². The van der Waals surface area contributed by atoms with E-state index in [0.29, 0.717) is 17.7 Å². The molecule has 0 saturated carbocycles. The van der Waals surface area contributed by atoms with E-state index in [1.165, 1.54) is 7.11 Å². The van der Waals surface area contributed by atoms with Crippen molar-refractivity contribution >= 4 is 11.9 Å². The lowest BCUT2D eigenvalue weighted by molar-refractivity contribution is 0.0946. The van der Waals surface area contributed by atoms with E-state index in [1.54, 1.807) is 19.2 Å². The second-order valence-electron chi connectivity index (χ2n) is 3.78. The van der Waals surface area contributed by atoms with Crippen molar-refractivity contribution in [1.82, 2.24) is 5.32 Å². The minimum atomic E-state index is -0.594. The summed E-state index contributed by atoms with van der Waals surface area (Å²) < 4.78 is 9.54. The quantitative estimate of drug-likeness (QED) is 0.828. The highest BCUT2D eigenvalue weighted by Crippen LogP contribution is 2.26. The fourth-order valence-electron chi connectivity index (χ4n) is 1.91. The predicted molar refractivity (Wildman–Crippen MR) is 71.6 cm³/mol. The van der Waals surface area contributed by atoms with Crippen molar-refractivity contribution in [1.29, 1.82) is 0 Å². The highest BCUT2D eigenvalue weighted by atomic mass is 16.5. The van der Waals surface area contributed by atoms with Gasteiger partial charge < -0.3 is 14.8 Å². The highest BCUT2D eigenvalue weighted by Gasteiger charge is 2.32. The van der Waals surface area contributed by atoms with Gasteiger partial charge in [-0.3, -0.25) is 4.79 Å². The maximum Gasteiger partial charge on any atom is 0.407 e. The molecule has 1 amide bonds. The number of Topliss-reactive ketones (excluding diaryl/α,β-unsaturated/α-hetero) is 1. The maximum absolute atomic E-state index is 12.0. The molecule has 1 atom stereocenters. The van der Waals surface area contributed by atoms with Crippen LogP contribution in [-0.2, 0) is 11.2 Å². The molecule has 1 aromatic rings. The summed E-state index contributed by atoms with van der Waals surface area (Å²) in [6, 6.07) is 4.79. The molecule has 0 aliphatic heterocycles. The predicted octanol–water partition coefficient (Wildman–Crippen LogP) is 1.96. The number of ketones is 1. The molecule has 0 saturated heterocycles. The van der Waals surface area contributed by atoms with Gasteiger partial charge in [-0.15, -0.1) is 13.2 Å². The summed E-state index contributed by atoms with van der Waals surface area (Å²) in [6.07, 6.45) is -0.101. The fourth-order valence-corrected chi connectivity index (χ4v) is 1.91. The van der Waals surface area contributed by atoms with Crippen LogP contribution < -0.4 is 10.1 Å². The fraction of sp³-hybridized carbons (Fsp3) is 0.286. The molecular formula is C14H17NO4. The largest absolute Gasteiger partial charge is 0.497 e. The first-order valence-corrected chi connectivity index (χ1v) is 5.71. The molecule has 5 heteroatoms. The van der Waals surface area contributed by atoms with Gasteiger partial charge in [0.15, 0.2) is 5.78 Å². The molecule has 0 fully saturated rings. The molecule has 102 valence electrons. The Morgan fingerprint density at radius 2 is 2.05 bits per heavy atom. The maximum atomic E-state index is 12.0. The van der Waals surface area contributed by atoms with E-state index in [4.69, 9.17) is 4.74 Å². The Balaban J connectivity index is 0.000000861. The number of carbonyl (C=O) groups excluding carboxylic acids is 2. The second-order valence-corrected chi connectivity index (χ2v) is 3.78. The van der Waals surface area contributed by atoms with Gasteiger partial charge in [0.25, 0.3) is 0 Å². The third-order valence-corrected chi connectivity index (χ3v) is 2.80. The zero-order valence-electron chi connectivity index (χ0n) is 11.1. The molecule has 0 radical (unpaired) electrons. The topological polar surface area (TPSA) is 64.6 Å². The molecule has 1 N–H and O–H groups in total. The number of fused-ring (bicyclic) bond motifs is 1. The van der Waals surface area contributed by atoms with Gasteiger partial charge in [0.05, 0.1) is 20.3 Å². The van der Waals surface area contributed by atoms with Crippen LogP contribution in [-0.4, -0.2) is 32.1 Å². The van der Waals surface area contributed by atoms with Gasteiger partial charge in [0, 0.05) is 12.0 Å². The van der Waals surface area contributed by atoms with Gasteiger partial charge in [0.1, 0.15) is 5.75 Å². The molecule has 1 aromatic carbocycles. The normalized spacial score (nSPS) is 15.9. The molecule has 5 nitrogen and oxygen atoms in total. The Morgan fingerprint density at radius 1 is 1.37 bits per heavy atom. The first kappa shape index (κ1) is 14.8. The summed E-state index contributed by atoms with van der Waals surface area (Å²) in [4.78, 5) is 23.1. The summed E-state index contributed by atoms with van der Waals surface area (Å²) in [5.41, 5.74) is 1.52. The van der Waals surface area contributed by atoms with E-state index in [0.717, 1.165) is 5.56 Å². The molecule has 0 heterocycles. The van der Waals surface area contributed by atoms with Crippen LogP contribution in [0.4, 0.5) is 4.79 Å². The summed E-state index contributed by atoms with van der Waals surface area (Å²) in [6.45, 7) is 6.00. The lowest BCUT2D eigenvalue weighted by Crippen LogP contribution is -2.38. The van der Waals surface area contributed by atoms with Crippen molar-refractivity contribution in [3.8, 4) is 5.75 Å². The summed E-state index contributed by atoms with van der Waals surface area (Å²) >= 11 is 0. The number of benzene rings is 1. The zero-order chi connectivity index (χ0) is 14.4. The van der Waals surface area contributed by atoms with Gasteiger partial charge in [-0.2, -0.15) is 0 Å². The Morgan fingerprint density at radius 3 is 2.63 bits per heavy atom. The second kappa shape index (κ2) is 6.58. The third kappa shape index (κ3) is 3.13. The van der Waals surface area contributed by atoms with Crippen LogP contribution in [0.25, 0.3) is 0 Å². The number of nitrogens with one attached hydrogen (secondary N) is 1. The van der Waals surface area contributed by atoms with E-state index in [9.17, 15) is 9.59 Å². The minimum Gasteiger partial charge on any atom is -0.497 e. The average Bonchev–Trinajstić information content (AvgIpc) is 2.77. The number of alkyl carbamates (subject to hydrolysis) is 1. The minimum absolute atomic E-state index is 0.107. The van der Waals surface area contributed by atoms with E-state index in [2.05, 4.69) is 23.2 Å². The number of hydrogen-bond acceptors (Lipinski definition) is 4. The lowest BCUT2D eigenvalue weighted by atomic mass is 10.1. The van der Waals surface area contributed by atoms with E-state index >= 15 is 0 Å². The molecule has 19 heavy (non-hydrogen) atoms. The van der Waals surface area contributed by atoms with Crippen molar-refractivity contribution in [2.75, 3.05) is 14.2 Å². The number of amides is 1. The molecule has 1 aliphatic rings. The van der Waals surface area contributed by atoms with Gasteiger partial charge in [-0.25, -0.2) is 4.79 Å². The van der Waals surface area contributed by atoms with Crippen LogP contribution >= 0.6 is 0 Å². The molecule has 0 spiro atoms. The van der Waals surface area contributed by atoms with Crippen molar-refractivity contribution in [3.63, 3.8) is 0 Å². The molecule has 2 rings (SSSR count). The first-order chi connectivity index (χ1) is 9.15. The Labute approximate surface area is 112 Å². The van der Waals surface area contributed by atoms with Crippen molar-refractivity contribution in [2.24, 2.45) is 0 Å². The molecular weight excluding hydrogens is 246 g/mol. The van der Waals surface area contributed by atoms with Crippen LogP contribution in [0.1, 0.15) is 15.9 Å². The third-order valence-electron chi connectivity index (χ3n) is 2.80. The number of carbonyl (C=O) groups is 2. The summed E-state index contributed by atoms with van der Waals surface area (Å²) in [7, 11) is 2.82. The average molecular weight is 263 g/mol. The summed E-state index contributed by atoms with van der Waals surface area (Å²) in [5.74, 6) is 0.528. The smallest absolute Gasteiger partial charge is 0.407 e. The van der Waals surface area contributed by atoms with Crippen molar-refractivity contribution in [3.05, 3.63) is 42.5 Å². The molecule has 0 bridgehead atoms. The number of rotatable bonds is 2. The van der Waals surface area contributed by atoms with Gasteiger partial charge in [0.2, 0.25) is 0 Å². The lowest BCUT2D eigenvalue weighted by Gasteiger charge is -2.08.